The van der Waals surface area contributed by atoms with Crippen molar-refractivity contribution in [2.75, 3.05) is 24.2 Å². The summed E-state index contributed by atoms with van der Waals surface area (Å²) in [5.74, 6) is 0.880. The number of hydrogen-bond donors (Lipinski definition) is 0. The molecule has 0 saturated carbocycles. The predicted molar refractivity (Wildman–Crippen MR) is 73.0 cm³/mol. The molecule has 1 aliphatic rings. The van der Waals surface area contributed by atoms with E-state index in [2.05, 4.69) is 11.9 Å². The van der Waals surface area contributed by atoms with Gasteiger partial charge in [0, 0.05) is 30.9 Å². The van der Waals surface area contributed by atoms with Gasteiger partial charge in [-0.2, -0.15) is 0 Å². The van der Waals surface area contributed by atoms with Gasteiger partial charge >= 0.3 is 0 Å². The first-order valence-electron chi connectivity index (χ1n) is 5.93. The van der Waals surface area contributed by atoms with E-state index in [1.54, 1.807) is 18.3 Å². The molecule has 1 saturated heterocycles. The number of hydrogen-bond acceptors (Lipinski definition) is 4. The van der Waals surface area contributed by atoms with Crippen molar-refractivity contribution < 1.29 is 8.42 Å². The topological polar surface area (TPSA) is 50.3 Å². The van der Waals surface area contributed by atoms with Gasteiger partial charge in [0.2, 0.25) is 0 Å². The molecular weight excluding hydrogens is 272 g/mol. The second-order valence-electron chi connectivity index (χ2n) is 4.83. The number of aromatic nitrogens is 1. The number of anilines is 1. The Morgan fingerprint density at radius 1 is 1.50 bits per heavy atom. The van der Waals surface area contributed by atoms with Gasteiger partial charge in [-0.3, -0.25) is 0 Å². The van der Waals surface area contributed by atoms with Gasteiger partial charge < -0.3 is 4.90 Å². The second-order valence-corrected chi connectivity index (χ2v) is 7.37. The molecule has 0 aromatic carbocycles. The monoisotopic (exact) mass is 288 g/mol. The second kappa shape index (κ2) is 5.05. The van der Waals surface area contributed by atoms with Crippen LogP contribution in [0.2, 0.25) is 0 Å². The van der Waals surface area contributed by atoms with Crippen molar-refractivity contribution in [1.29, 1.82) is 0 Å². The summed E-state index contributed by atoms with van der Waals surface area (Å²) in [6.07, 6.45) is 3.69. The van der Waals surface area contributed by atoms with E-state index in [1.807, 2.05) is 4.90 Å². The number of nitrogens with zero attached hydrogens (tertiary/aromatic N) is 2. The van der Waals surface area contributed by atoms with Crippen molar-refractivity contribution in [3.05, 3.63) is 18.3 Å². The van der Waals surface area contributed by atoms with Crippen molar-refractivity contribution in [2.24, 2.45) is 5.92 Å². The molecule has 1 fully saturated rings. The molecule has 0 spiro atoms. The molecule has 1 aromatic heterocycles. The van der Waals surface area contributed by atoms with E-state index in [-0.39, 0.29) is 5.38 Å². The van der Waals surface area contributed by atoms with Crippen LogP contribution in [0.1, 0.15) is 13.3 Å². The quantitative estimate of drug-likeness (QED) is 0.781. The smallest absolute Gasteiger partial charge is 0.179 e. The van der Waals surface area contributed by atoms with E-state index in [9.17, 15) is 8.42 Å². The van der Waals surface area contributed by atoms with Crippen LogP contribution >= 0.6 is 11.6 Å². The van der Waals surface area contributed by atoms with Crippen LogP contribution in [0.25, 0.3) is 0 Å². The Kier molecular flexibility index (Phi) is 3.82. The summed E-state index contributed by atoms with van der Waals surface area (Å²) in [5, 5.41) is 0.159. The van der Waals surface area contributed by atoms with E-state index in [4.69, 9.17) is 11.6 Å². The molecule has 2 unspecified atom stereocenters. The molecule has 0 N–H and O–H groups in total. The molecule has 18 heavy (non-hydrogen) atoms. The Bertz CT molecular complexity index is 533. The summed E-state index contributed by atoms with van der Waals surface area (Å²) in [5.41, 5.74) is 0. The highest BCUT2D eigenvalue weighted by Gasteiger charge is 2.27. The minimum absolute atomic E-state index is 0.159. The fourth-order valence-electron chi connectivity index (χ4n) is 2.22. The number of halogens is 1. The Hall–Kier alpha value is -0.810. The number of rotatable bonds is 2. The maximum atomic E-state index is 11.7. The SMILES string of the molecule is CC1CN(c2ncccc2S(C)(=O)=O)CCC1Cl. The normalized spacial score (nSPS) is 25.2. The molecule has 1 aliphatic heterocycles. The minimum atomic E-state index is -3.25. The molecule has 100 valence electrons. The van der Waals surface area contributed by atoms with E-state index in [1.165, 1.54) is 6.26 Å². The molecule has 2 heterocycles. The largest absolute Gasteiger partial charge is 0.355 e. The van der Waals surface area contributed by atoms with Crippen molar-refractivity contribution in [3.63, 3.8) is 0 Å². The summed E-state index contributed by atoms with van der Waals surface area (Å²) in [6.45, 7) is 3.57. The fourth-order valence-corrected chi connectivity index (χ4v) is 3.23. The summed E-state index contributed by atoms with van der Waals surface area (Å²) in [4.78, 5) is 6.54. The highest BCUT2D eigenvalue weighted by atomic mass is 35.5. The van der Waals surface area contributed by atoms with E-state index in [0.717, 1.165) is 19.5 Å². The average molecular weight is 289 g/mol. The summed E-state index contributed by atoms with van der Waals surface area (Å²) >= 11 is 6.18. The molecule has 2 atom stereocenters. The van der Waals surface area contributed by atoms with Gasteiger partial charge in [0.05, 0.1) is 0 Å². The number of pyridine rings is 1. The van der Waals surface area contributed by atoms with E-state index < -0.39 is 9.84 Å². The van der Waals surface area contributed by atoms with Crippen LogP contribution in [-0.2, 0) is 9.84 Å². The third kappa shape index (κ3) is 2.78. The Morgan fingerprint density at radius 2 is 2.22 bits per heavy atom. The minimum Gasteiger partial charge on any atom is -0.355 e. The van der Waals surface area contributed by atoms with Gasteiger partial charge in [-0.1, -0.05) is 6.92 Å². The third-order valence-electron chi connectivity index (χ3n) is 3.25. The van der Waals surface area contributed by atoms with E-state index >= 15 is 0 Å². The van der Waals surface area contributed by atoms with Crippen LogP contribution in [0, 0.1) is 5.92 Å². The lowest BCUT2D eigenvalue weighted by Gasteiger charge is -2.35. The molecule has 1 aromatic rings. The Morgan fingerprint density at radius 3 is 2.83 bits per heavy atom. The summed E-state index contributed by atoms with van der Waals surface area (Å²) < 4.78 is 23.5. The molecule has 6 heteroatoms. The Labute approximate surface area is 113 Å². The van der Waals surface area contributed by atoms with Crippen molar-refractivity contribution in [3.8, 4) is 0 Å². The molecular formula is C12H17ClN2O2S. The van der Waals surface area contributed by atoms with Crippen LogP contribution in [0.3, 0.4) is 0 Å². The zero-order chi connectivity index (χ0) is 13.3. The lowest BCUT2D eigenvalue weighted by molar-refractivity contribution is 0.450. The maximum Gasteiger partial charge on any atom is 0.179 e. The van der Waals surface area contributed by atoms with Gasteiger partial charge in [0.25, 0.3) is 0 Å². The number of alkyl halides is 1. The number of piperidine rings is 1. The van der Waals surface area contributed by atoms with Gasteiger partial charge in [-0.25, -0.2) is 13.4 Å². The van der Waals surface area contributed by atoms with Gasteiger partial charge in [0.15, 0.2) is 9.84 Å². The number of sulfone groups is 1. The third-order valence-corrected chi connectivity index (χ3v) is 5.02. The lowest BCUT2D eigenvalue weighted by Crippen LogP contribution is -2.40. The van der Waals surface area contributed by atoms with Crippen molar-refractivity contribution in [2.45, 2.75) is 23.6 Å². The van der Waals surface area contributed by atoms with E-state index in [0.29, 0.717) is 16.6 Å². The zero-order valence-electron chi connectivity index (χ0n) is 10.5. The van der Waals surface area contributed by atoms with Gasteiger partial charge in [-0.05, 0) is 24.5 Å². The first-order valence-corrected chi connectivity index (χ1v) is 8.26. The van der Waals surface area contributed by atoms with Crippen molar-refractivity contribution >= 4 is 27.3 Å². The van der Waals surface area contributed by atoms with Crippen molar-refractivity contribution in [1.82, 2.24) is 4.98 Å². The molecule has 0 bridgehead atoms. The van der Waals surface area contributed by atoms with Crippen LogP contribution in [0.4, 0.5) is 5.82 Å². The van der Waals surface area contributed by atoms with Gasteiger partial charge in [0.1, 0.15) is 10.7 Å². The van der Waals surface area contributed by atoms with Crippen LogP contribution in [-0.4, -0.2) is 38.1 Å². The zero-order valence-corrected chi connectivity index (χ0v) is 12.1. The average Bonchev–Trinajstić information content (AvgIpc) is 2.32. The standard InChI is InChI=1S/C12H17ClN2O2S/c1-9-8-15(7-5-10(9)13)12-11(18(2,16)17)4-3-6-14-12/h3-4,6,9-10H,5,7-8H2,1-2H3. The predicted octanol–water partition coefficient (Wildman–Crippen LogP) is 1.94. The lowest BCUT2D eigenvalue weighted by atomic mass is 10.00. The first-order chi connectivity index (χ1) is 8.39. The van der Waals surface area contributed by atoms with Crippen LogP contribution in [0.5, 0.6) is 0 Å². The van der Waals surface area contributed by atoms with Crippen LogP contribution < -0.4 is 4.90 Å². The Balaban J connectivity index is 2.35. The molecule has 4 nitrogen and oxygen atoms in total. The summed E-state index contributed by atoms with van der Waals surface area (Å²) in [7, 11) is -3.25. The summed E-state index contributed by atoms with van der Waals surface area (Å²) in [6, 6.07) is 3.26. The molecule has 0 aliphatic carbocycles. The highest BCUT2D eigenvalue weighted by molar-refractivity contribution is 7.90. The molecule has 2 rings (SSSR count). The van der Waals surface area contributed by atoms with Gasteiger partial charge in [-0.15, -0.1) is 11.6 Å². The molecule has 0 amide bonds. The first kappa shape index (κ1) is 13.6. The van der Waals surface area contributed by atoms with Crippen LogP contribution in [0.15, 0.2) is 23.2 Å². The fraction of sp³-hybridized carbons (Fsp3) is 0.583. The molecule has 0 radical (unpaired) electrons. The maximum absolute atomic E-state index is 11.7. The highest BCUT2D eigenvalue weighted by Crippen LogP contribution is 2.29.